The summed E-state index contributed by atoms with van der Waals surface area (Å²) in [7, 11) is 5.87. The van der Waals surface area contributed by atoms with Crippen LogP contribution in [0.25, 0.3) is 0 Å². The van der Waals surface area contributed by atoms with Gasteiger partial charge in [-0.1, -0.05) is 49.5 Å². The van der Waals surface area contributed by atoms with Gasteiger partial charge in [-0.05, 0) is 12.0 Å². The van der Waals surface area contributed by atoms with E-state index in [4.69, 9.17) is 7.85 Å². The fourth-order valence-corrected chi connectivity index (χ4v) is 1.12. The lowest BCUT2D eigenvalue weighted by Crippen LogP contribution is -2.05. The molecule has 1 rings (SSSR count). The van der Waals surface area contributed by atoms with Gasteiger partial charge in [-0.25, -0.2) is 0 Å². The standard InChI is InChI=1S/C10H13B/c1-10(2,11)8-9-6-4-3-5-7-9/h3-7H,8H2,1-2H3. The molecule has 0 spiro atoms. The van der Waals surface area contributed by atoms with E-state index < -0.39 is 0 Å². The molecule has 2 radical (unpaired) electrons. The third-order valence-corrected chi connectivity index (χ3v) is 1.50. The molecule has 0 nitrogen and oxygen atoms in total. The molecule has 0 fully saturated rings. The second-order valence-electron chi connectivity index (χ2n) is 3.65. The van der Waals surface area contributed by atoms with E-state index in [1.807, 2.05) is 32.0 Å². The van der Waals surface area contributed by atoms with Gasteiger partial charge in [0.25, 0.3) is 0 Å². The van der Waals surface area contributed by atoms with E-state index in [9.17, 15) is 0 Å². The van der Waals surface area contributed by atoms with Crippen molar-refractivity contribution in [2.24, 2.45) is 0 Å². The van der Waals surface area contributed by atoms with Crippen molar-refractivity contribution in [1.29, 1.82) is 0 Å². The molecular weight excluding hydrogens is 131 g/mol. The summed E-state index contributed by atoms with van der Waals surface area (Å²) in [6, 6.07) is 10.3. The van der Waals surface area contributed by atoms with Crippen LogP contribution >= 0.6 is 0 Å². The van der Waals surface area contributed by atoms with Gasteiger partial charge < -0.3 is 0 Å². The van der Waals surface area contributed by atoms with Crippen LogP contribution in [-0.2, 0) is 6.42 Å². The first-order valence-corrected chi connectivity index (χ1v) is 3.91. The summed E-state index contributed by atoms with van der Waals surface area (Å²) in [6.07, 6.45) is 0.938. The van der Waals surface area contributed by atoms with Crippen molar-refractivity contribution in [3.8, 4) is 0 Å². The average Bonchev–Trinajstić information content (AvgIpc) is 1.85. The van der Waals surface area contributed by atoms with Crippen LogP contribution in [0.5, 0.6) is 0 Å². The minimum absolute atomic E-state index is 0.0959. The van der Waals surface area contributed by atoms with E-state index in [2.05, 4.69) is 12.1 Å². The van der Waals surface area contributed by atoms with Crippen molar-refractivity contribution >= 4 is 7.85 Å². The van der Waals surface area contributed by atoms with Gasteiger partial charge >= 0.3 is 0 Å². The average molecular weight is 144 g/mol. The first-order chi connectivity index (χ1) is 5.08. The van der Waals surface area contributed by atoms with Crippen LogP contribution in [0.15, 0.2) is 30.3 Å². The highest BCUT2D eigenvalue weighted by Crippen LogP contribution is 2.23. The molecule has 0 aliphatic heterocycles. The van der Waals surface area contributed by atoms with E-state index in [-0.39, 0.29) is 5.31 Å². The number of hydrogen-bond acceptors (Lipinski definition) is 0. The molecule has 0 amide bonds. The highest BCUT2D eigenvalue weighted by Gasteiger charge is 2.09. The molecule has 0 atom stereocenters. The smallest absolute Gasteiger partial charge is 0.0676 e. The molecule has 0 aliphatic rings. The molecule has 0 aliphatic carbocycles. The third-order valence-electron chi connectivity index (χ3n) is 1.50. The molecule has 0 saturated heterocycles. The second-order valence-corrected chi connectivity index (χ2v) is 3.65. The summed E-state index contributed by atoms with van der Waals surface area (Å²) in [6.45, 7) is 4.08. The van der Waals surface area contributed by atoms with Gasteiger partial charge in [0, 0.05) is 0 Å². The van der Waals surface area contributed by atoms with Gasteiger partial charge in [0.2, 0.25) is 0 Å². The molecule has 0 bridgehead atoms. The Bertz CT molecular complexity index is 208. The minimum Gasteiger partial charge on any atom is -0.0676 e. The van der Waals surface area contributed by atoms with Crippen molar-refractivity contribution < 1.29 is 0 Å². The minimum atomic E-state index is -0.0959. The maximum Gasteiger partial charge on any atom is 0.0743 e. The van der Waals surface area contributed by atoms with Crippen LogP contribution in [0.4, 0.5) is 0 Å². The van der Waals surface area contributed by atoms with Crippen LogP contribution in [0.1, 0.15) is 19.4 Å². The molecule has 0 saturated carbocycles. The lowest BCUT2D eigenvalue weighted by atomic mass is 9.69. The second kappa shape index (κ2) is 3.12. The van der Waals surface area contributed by atoms with Crippen LogP contribution in [0.2, 0.25) is 5.31 Å². The summed E-state index contributed by atoms with van der Waals surface area (Å²) in [4.78, 5) is 0. The Hall–Kier alpha value is -0.715. The number of hydrogen-bond donors (Lipinski definition) is 0. The van der Waals surface area contributed by atoms with Crippen molar-refractivity contribution in [2.75, 3.05) is 0 Å². The molecule has 56 valence electrons. The zero-order valence-corrected chi connectivity index (χ0v) is 7.17. The van der Waals surface area contributed by atoms with Gasteiger partial charge in [-0.3, -0.25) is 0 Å². The maximum absolute atomic E-state index is 5.87. The summed E-state index contributed by atoms with van der Waals surface area (Å²) in [5, 5.41) is -0.0959. The van der Waals surface area contributed by atoms with Crippen molar-refractivity contribution in [2.45, 2.75) is 25.6 Å². The largest absolute Gasteiger partial charge is 0.0743 e. The Balaban J connectivity index is 2.66. The van der Waals surface area contributed by atoms with Crippen LogP contribution in [0, 0.1) is 0 Å². The van der Waals surface area contributed by atoms with Crippen LogP contribution in [0.3, 0.4) is 0 Å². The van der Waals surface area contributed by atoms with Gasteiger partial charge in [0.1, 0.15) is 0 Å². The van der Waals surface area contributed by atoms with Gasteiger partial charge in [-0.15, -0.1) is 0 Å². The van der Waals surface area contributed by atoms with E-state index in [1.165, 1.54) is 5.56 Å². The SMILES string of the molecule is [B]C(C)(C)Cc1ccccc1. The van der Waals surface area contributed by atoms with Crippen molar-refractivity contribution in [3.05, 3.63) is 35.9 Å². The highest BCUT2D eigenvalue weighted by atomic mass is 14.1. The Kier molecular flexibility index (Phi) is 2.38. The Morgan fingerprint density at radius 1 is 1.18 bits per heavy atom. The predicted octanol–water partition coefficient (Wildman–Crippen LogP) is 2.60. The molecule has 11 heavy (non-hydrogen) atoms. The van der Waals surface area contributed by atoms with E-state index in [0.717, 1.165) is 6.42 Å². The Labute approximate surface area is 70.0 Å². The Morgan fingerprint density at radius 2 is 1.73 bits per heavy atom. The number of benzene rings is 1. The van der Waals surface area contributed by atoms with Crippen LogP contribution < -0.4 is 0 Å². The molecule has 0 heterocycles. The summed E-state index contributed by atoms with van der Waals surface area (Å²) in [5.74, 6) is 0. The highest BCUT2D eigenvalue weighted by molar-refractivity contribution is 6.14. The first kappa shape index (κ1) is 8.38. The third kappa shape index (κ3) is 3.27. The van der Waals surface area contributed by atoms with Gasteiger partial charge in [0.15, 0.2) is 0 Å². The van der Waals surface area contributed by atoms with Gasteiger partial charge in [0.05, 0.1) is 7.85 Å². The fourth-order valence-electron chi connectivity index (χ4n) is 1.12. The summed E-state index contributed by atoms with van der Waals surface area (Å²) >= 11 is 0. The molecule has 1 aromatic rings. The lowest BCUT2D eigenvalue weighted by molar-refractivity contribution is 0.676. The summed E-state index contributed by atoms with van der Waals surface area (Å²) < 4.78 is 0. The first-order valence-electron chi connectivity index (χ1n) is 3.91. The molecule has 1 heteroatoms. The quantitative estimate of drug-likeness (QED) is 0.559. The van der Waals surface area contributed by atoms with Crippen LogP contribution in [-0.4, -0.2) is 7.85 Å². The normalized spacial score (nSPS) is 11.5. The fraction of sp³-hybridized carbons (Fsp3) is 0.400. The predicted molar refractivity (Wildman–Crippen MR) is 49.9 cm³/mol. The molecule has 0 unspecified atom stereocenters. The molecular formula is C10H13B. The van der Waals surface area contributed by atoms with Crippen molar-refractivity contribution in [1.82, 2.24) is 0 Å². The van der Waals surface area contributed by atoms with Crippen molar-refractivity contribution in [3.63, 3.8) is 0 Å². The zero-order chi connectivity index (χ0) is 8.32. The van der Waals surface area contributed by atoms with E-state index in [1.54, 1.807) is 0 Å². The van der Waals surface area contributed by atoms with E-state index in [0.29, 0.717) is 0 Å². The topological polar surface area (TPSA) is 0 Å². The molecule has 1 aromatic carbocycles. The lowest BCUT2D eigenvalue weighted by Gasteiger charge is -2.18. The Morgan fingerprint density at radius 3 is 2.18 bits per heavy atom. The van der Waals surface area contributed by atoms with Gasteiger partial charge in [-0.2, -0.15) is 0 Å². The molecule has 0 N–H and O–H groups in total. The molecule has 0 aromatic heterocycles. The number of rotatable bonds is 2. The van der Waals surface area contributed by atoms with E-state index >= 15 is 0 Å². The zero-order valence-electron chi connectivity index (χ0n) is 7.17. The summed E-state index contributed by atoms with van der Waals surface area (Å²) in [5.41, 5.74) is 1.31. The monoisotopic (exact) mass is 144 g/mol. The maximum atomic E-state index is 5.87.